The molecule has 6 rings (SSSR count). The van der Waals surface area contributed by atoms with Crippen LogP contribution >= 0.6 is 0 Å². The summed E-state index contributed by atoms with van der Waals surface area (Å²) in [4.78, 5) is 22.1. The SMILES string of the molecule is COc1cccc(-c2nnc3c4ccccc4nc(N4CCN(C(=O)c5ccoc5)C(C)C4)n23)c1. The van der Waals surface area contributed by atoms with Crippen molar-refractivity contribution >= 4 is 28.4 Å². The highest BCUT2D eigenvalue weighted by Crippen LogP contribution is 2.31. The zero-order chi connectivity index (χ0) is 23.9. The quantitative estimate of drug-likeness (QED) is 0.395. The Balaban J connectivity index is 1.44. The third kappa shape index (κ3) is 3.56. The fourth-order valence-corrected chi connectivity index (χ4v) is 4.72. The van der Waals surface area contributed by atoms with Crippen LogP contribution in [-0.2, 0) is 0 Å². The van der Waals surface area contributed by atoms with Gasteiger partial charge in [-0.25, -0.2) is 9.38 Å². The zero-order valence-electron chi connectivity index (χ0n) is 19.5. The minimum atomic E-state index is -0.0242. The number of carbonyl (C=O) groups excluding carboxylic acids is 1. The van der Waals surface area contributed by atoms with Crippen LogP contribution in [0.3, 0.4) is 0 Å². The van der Waals surface area contributed by atoms with Crippen LogP contribution in [0.5, 0.6) is 5.75 Å². The average molecular weight is 469 g/mol. The van der Waals surface area contributed by atoms with E-state index in [1.165, 1.54) is 12.5 Å². The highest BCUT2D eigenvalue weighted by Gasteiger charge is 2.31. The van der Waals surface area contributed by atoms with Crippen LogP contribution in [0.2, 0.25) is 0 Å². The summed E-state index contributed by atoms with van der Waals surface area (Å²) >= 11 is 0. The van der Waals surface area contributed by atoms with E-state index in [4.69, 9.17) is 14.1 Å². The van der Waals surface area contributed by atoms with Gasteiger partial charge in [0.1, 0.15) is 12.0 Å². The summed E-state index contributed by atoms with van der Waals surface area (Å²) in [6.45, 7) is 3.87. The normalized spacial score (nSPS) is 16.2. The van der Waals surface area contributed by atoms with Crippen molar-refractivity contribution < 1.29 is 13.9 Å². The second-order valence-corrected chi connectivity index (χ2v) is 8.65. The Morgan fingerprint density at radius 3 is 2.77 bits per heavy atom. The van der Waals surface area contributed by atoms with E-state index >= 15 is 0 Å². The lowest BCUT2D eigenvalue weighted by atomic mass is 10.1. The van der Waals surface area contributed by atoms with E-state index < -0.39 is 0 Å². The Hall–Kier alpha value is -4.40. The van der Waals surface area contributed by atoms with Crippen molar-refractivity contribution in [2.24, 2.45) is 0 Å². The van der Waals surface area contributed by atoms with Crippen molar-refractivity contribution in [2.75, 3.05) is 31.6 Å². The number of rotatable bonds is 4. The first-order valence-corrected chi connectivity index (χ1v) is 11.5. The van der Waals surface area contributed by atoms with Gasteiger partial charge in [-0.3, -0.25) is 4.79 Å². The molecule has 1 unspecified atom stereocenters. The molecule has 4 heterocycles. The molecule has 0 N–H and O–H groups in total. The number of aromatic nitrogens is 4. The second-order valence-electron chi connectivity index (χ2n) is 8.65. The maximum absolute atomic E-state index is 13.0. The molecule has 0 aliphatic carbocycles. The molecule has 0 saturated carbocycles. The molecule has 9 nitrogen and oxygen atoms in total. The molecule has 35 heavy (non-hydrogen) atoms. The van der Waals surface area contributed by atoms with Gasteiger partial charge in [0.05, 0.1) is 24.5 Å². The first-order chi connectivity index (χ1) is 17.1. The molecule has 3 aromatic heterocycles. The number of nitrogens with zero attached hydrogens (tertiary/aromatic N) is 6. The lowest BCUT2D eigenvalue weighted by Crippen LogP contribution is -2.54. The predicted molar refractivity (Wildman–Crippen MR) is 132 cm³/mol. The van der Waals surface area contributed by atoms with Gasteiger partial charge in [-0.15, -0.1) is 10.2 Å². The fraction of sp³-hybridized carbons (Fsp3) is 0.231. The number of hydrogen-bond donors (Lipinski definition) is 0. The first-order valence-electron chi connectivity index (χ1n) is 11.5. The van der Waals surface area contributed by atoms with Crippen LogP contribution < -0.4 is 9.64 Å². The fourth-order valence-electron chi connectivity index (χ4n) is 4.72. The van der Waals surface area contributed by atoms with Crippen LogP contribution in [0.1, 0.15) is 17.3 Å². The number of fused-ring (bicyclic) bond motifs is 3. The number of piperazine rings is 1. The molecule has 176 valence electrons. The third-order valence-electron chi connectivity index (χ3n) is 6.50. The molecule has 1 fully saturated rings. The minimum absolute atomic E-state index is 0.0220. The van der Waals surface area contributed by atoms with E-state index in [1.54, 1.807) is 13.2 Å². The minimum Gasteiger partial charge on any atom is -0.497 e. The van der Waals surface area contributed by atoms with Gasteiger partial charge in [0.2, 0.25) is 5.95 Å². The number of carbonyl (C=O) groups is 1. The molecule has 1 aliphatic heterocycles. The monoisotopic (exact) mass is 468 g/mol. The van der Waals surface area contributed by atoms with Crippen LogP contribution in [0.25, 0.3) is 27.9 Å². The van der Waals surface area contributed by atoms with Gasteiger partial charge in [-0.2, -0.15) is 0 Å². The topological polar surface area (TPSA) is 89.0 Å². The lowest BCUT2D eigenvalue weighted by molar-refractivity contribution is 0.0672. The number of benzene rings is 2. The third-order valence-corrected chi connectivity index (χ3v) is 6.50. The lowest BCUT2D eigenvalue weighted by Gasteiger charge is -2.40. The summed E-state index contributed by atoms with van der Waals surface area (Å²) in [6, 6.07) is 17.4. The Labute approximate surface area is 201 Å². The molecule has 2 aromatic carbocycles. The van der Waals surface area contributed by atoms with Crippen LogP contribution in [-0.4, -0.2) is 63.2 Å². The summed E-state index contributed by atoms with van der Waals surface area (Å²) in [6.07, 6.45) is 3.02. The number of para-hydroxylation sites is 1. The van der Waals surface area contributed by atoms with Crippen molar-refractivity contribution in [3.05, 3.63) is 72.7 Å². The number of furan rings is 1. The molecule has 9 heteroatoms. The summed E-state index contributed by atoms with van der Waals surface area (Å²) < 4.78 is 12.6. The number of methoxy groups -OCH3 is 1. The smallest absolute Gasteiger partial charge is 0.257 e. The summed E-state index contributed by atoms with van der Waals surface area (Å²) in [5.74, 6) is 2.17. The largest absolute Gasteiger partial charge is 0.497 e. The van der Waals surface area contributed by atoms with Gasteiger partial charge in [0.25, 0.3) is 5.91 Å². The Kier molecular flexibility index (Phi) is 5.09. The van der Waals surface area contributed by atoms with E-state index in [-0.39, 0.29) is 11.9 Å². The molecule has 1 atom stereocenters. The molecule has 0 radical (unpaired) electrons. The van der Waals surface area contributed by atoms with Gasteiger partial charge in [-0.05, 0) is 37.3 Å². The highest BCUT2D eigenvalue weighted by atomic mass is 16.5. The Morgan fingerprint density at radius 1 is 1.09 bits per heavy atom. The molecular formula is C26H24N6O3. The van der Waals surface area contributed by atoms with Crippen molar-refractivity contribution in [3.8, 4) is 17.1 Å². The second kappa shape index (κ2) is 8.43. The maximum atomic E-state index is 13.0. The number of hydrogen-bond acceptors (Lipinski definition) is 7. The molecular weight excluding hydrogens is 444 g/mol. The zero-order valence-corrected chi connectivity index (χ0v) is 19.5. The predicted octanol–water partition coefficient (Wildman–Crippen LogP) is 3.90. The standard InChI is InChI=1S/C26H24N6O3/c1-17-15-30(11-12-31(17)25(33)19-10-13-35-16-19)26-27-22-9-4-3-8-21(22)24-29-28-23(32(24)26)18-6-5-7-20(14-18)34-2/h3-10,13-14,16-17H,11-12,15H2,1-2H3. The van der Waals surface area contributed by atoms with Gasteiger partial charge in [0.15, 0.2) is 11.5 Å². The van der Waals surface area contributed by atoms with Crippen molar-refractivity contribution in [1.82, 2.24) is 24.5 Å². The van der Waals surface area contributed by atoms with E-state index in [1.807, 2.05) is 57.8 Å². The molecule has 0 spiro atoms. The van der Waals surface area contributed by atoms with Crippen LogP contribution in [0, 0.1) is 0 Å². The molecule has 1 saturated heterocycles. The van der Waals surface area contributed by atoms with Gasteiger partial charge in [-0.1, -0.05) is 24.3 Å². The number of anilines is 1. The molecule has 5 aromatic rings. The van der Waals surface area contributed by atoms with Crippen LogP contribution in [0.15, 0.2) is 71.5 Å². The van der Waals surface area contributed by atoms with Crippen molar-refractivity contribution in [1.29, 1.82) is 0 Å². The van der Waals surface area contributed by atoms with E-state index in [0.717, 1.165) is 33.8 Å². The average Bonchev–Trinajstić information content (AvgIpc) is 3.59. The van der Waals surface area contributed by atoms with E-state index in [9.17, 15) is 4.79 Å². The van der Waals surface area contributed by atoms with Gasteiger partial charge >= 0.3 is 0 Å². The maximum Gasteiger partial charge on any atom is 0.257 e. The van der Waals surface area contributed by atoms with E-state index in [2.05, 4.69) is 22.0 Å². The Bertz CT molecular complexity index is 1530. The number of ether oxygens (including phenoxy) is 1. The van der Waals surface area contributed by atoms with Gasteiger partial charge in [0, 0.05) is 36.6 Å². The van der Waals surface area contributed by atoms with Crippen LogP contribution in [0.4, 0.5) is 5.95 Å². The number of amides is 1. The molecule has 0 bridgehead atoms. The first kappa shape index (κ1) is 21.2. The molecule has 1 amide bonds. The van der Waals surface area contributed by atoms with Crippen molar-refractivity contribution in [2.45, 2.75) is 13.0 Å². The summed E-state index contributed by atoms with van der Waals surface area (Å²) in [5, 5.41) is 10.0. The summed E-state index contributed by atoms with van der Waals surface area (Å²) in [5.41, 5.74) is 3.05. The Morgan fingerprint density at radius 2 is 1.97 bits per heavy atom. The molecule has 1 aliphatic rings. The van der Waals surface area contributed by atoms with Gasteiger partial charge < -0.3 is 19.0 Å². The highest BCUT2D eigenvalue weighted by molar-refractivity contribution is 5.95. The van der Waals surface area contributed by atoms with E-state index in [0.29, 0.717) is 31.0 Å². The summed E-state index contributed by atoms with van der Waals surface area (Å²) in [7, 11) is 1.65. The van der Waals surface area contributed by atoms with Crippen molar-refractivity contribution in [3.63, 3.8) is 0 Å².